The zero-order valence-electron chi connectivity index (χ0n) is 11.8. The van der Waals surface area contributed by atoms with Gasteiger partial charge in [-0.3, -0.25) is 0 Å². The summed E-state index contributed by atoms with van der Waals surface area (Å²) in [6.07, 6.45) is 4.18. The molecule has 112 valence electrons. The van der Waals surface area contributed by atoms with Gasteiger partial charge >= 0.3 is 0 Å². The number of hydrogen-bond donors (Lipinski definition) is 2. The van der Waals surface area contributed by atoms with E-state index in [4.69, 9.17) is 4.74 Å². The summed E-state index contributed by atoms with van der Waals surface area (Å²) in [7, 11) is 1.50. The van der Waals surface area contributed by atoms with Gasteiger partial charge in [0.25, 0.3) is 0 Å². The fourth-order valence-corrected chi connectivity index (χ4v) is 2.71. The lowest BCUT2D eigenvalue weighted by Gasteiger charge is -2.23. The lowest BCUT2D eigenvalue weighted by molar-refractivity contribution is 0.0436. The van der Waals surface area contributed by atoms with E-state index >= 15 is 0 Å². The average Bonchev–Trinajstić information content (AvgIpc) is 3.08. The largest absolute Gasteiger partial charge is 0.496 e. The molecule has 0 aliphatic carbocycles. The topological polar surface area (TPSA) is 59.3 Å². The van der Waals surface area contributed by atoms with Crippen molar-refractivity contribution < 1.29 is 14.2 Å². The minimum Gasteiger partial charge on any atom is -0.496 e. The maximum Gasteiger partial charge on any atom is 0.143 e. The smallest absolute Gasteiger partial charge is 0.143 e. The Labute approximate surface area is 122 Å². The van der Waals surface area contributed by atoms with Gasteiger partial charge in [-0.15, -0.1) is 0 Å². The van der Waals surface area contributed by atoms with Crippen LogP contribution in [0.1, 0.15) is 6.42 Å². The van der Waals surface area contributed by atoms with Gasteiger partial charge in [-0.1, -0.05) is 0 Å². The monoisotopic (exact) mass is 291 g/mol. The standard InChI is InChI=1S/C15H18FN3O2/c1-21-13-8-11(16)2-3-12(13)14-18-6-7-19(14)10-15(20)4-5-17-9-15/h2-3,6-8,17,20H,4-5,9-10H2,1H3. The van der Waals surface area contributed by atoms with Crippen molar-refractivity contribution in [1.29, 1.82) is 0 Å². The Bertz CT molecular complexity index is 636. The van der Waals surface area contributed by atoms with E-state index in [0.717, 1.165) is 6.54 Å². The molecule has 1 aromatic heterocycles. The molecule has 2 aromatic rings. The molecular formula is C15H18FN3O2. The van der Waals surface area contributed by atoms with E-state index in [2.05, 4.69) is 10.3 Å². The zero-order chi connectivity index (χ0) is 14.9. The van der Waals surface area contributed by atoms with E-state index < -0.39 is 5.60 Å². The second-order valence-electron chi connectivity index (χ2n) is 5.37. The van der Waals surface area contributed by atoms with Gasteiger partial charge in [0.05, 0.1) is 24.8 Å². The molecule has 1 aliphatic heterocycles. The molecule has 0 amide bonds. The quantitative estimate of drug-likeness (QED) is 0.894. The van der Waals surface area contributed by atoms with Crippen molar-refractivity contribution in [2.45, 2.75) is 18.6 Å². The number of methoxy groups -OCH3 is 1. The van der Waals surface area contributed by atoms with Crippen molar-refractivity contribution in [1.82, 2.24) is 14.9 Å². The minimum atomic E-state index is -0.775. The summed E-state index contributed by atoms with van der Waals surface area (Å²) in [6, 6.07) is 4.35. The predicted molar refractivity (Wildman–Crippen MR) is 76.6 cm³/mol. The summed E-state index contributed by atoms with van der Waals surface area (Å²) in [6.45, 7) is 1.81. The van der Waals surface area contributed by atoms with Gasteiger partial charge in [0.2, 0.25) is 0 Å². The molecule has 1 saturated heterocycles. The molecule has 1 unspecified atom stereocenters. The Morgan fingerprint density at radius 2 is 2.38 bits per heavy atom. The first-order valence-electron chi connectivity index (χ1n) is 6.89. The Kier molecular flexibility index (Phi) is 3.65. The van der Waals surface area contributed by atoms with Gasteiger partial charge in [-0.2, -0.15) is 0 Å². The highest BCUT2D eigenvalue weighted by molar-refractivity contribution is 5.64. The van der Waals surface area contributed by atoms with Crippen LogP contribution in [0.15, 0.2) is 30.6 Å². The molecular weight excluding hydrogens is 273 g/mol. The molecule has 0 spiro atoms. The molecule has 1 fully saturated rings. The van der Waals surface area contributed by atoms with Crippen molar-refractivity contribution in [3.05, 3.63) is 36.4 Å². The van der Waals surface area contributed by atoms with Crippen LogP contribution in [0.25, 0.3) is 11.4 Å². The van der Waals surface area contributed by atoms with Crippen LogP contribution < -0.4 is 10.1 Å². The zero-order valence-corrected chi connectivity index (χ0v) is 11.8. The van der Waals surface area contributed by atoms with Gasteiger partial charge in [0.1, 0.15) is 17.4 Å². The lowest BCUT2D eigenvalue weighted by atomic mass is 10.0. The van der Waals surface area contributed by atoms with Crippen LogP contribution in [0.2, 0.25) is 0 Å². The molecule has 1 aliphatic rings. The van der Waals surface area contributed by atoms with Crippen molar-refractivity contribution in [3.63, 3.8) is 0 Å². The van der Waals surface area contributed by atoms with E-state index in [9.17, 15) is 9.50 Å². The highest BCUT2D eigenvalue weighted by atomic mass is 19.1. The average molecular weight is 291 g/mol. The third-order valence-corrected chi connectivity index (χ3v) is 3.81. The summed E-state index contributed by atoms with van der Waals surface area (Å²) >= 11 is 0. The van der Waals surface area contributed by atoms with E-state index in [0.29, 0.717) is 36.6 Å². The predicted octanol–water partition coefficient (Wildman–Crippen LogP) is 1.42. The summed E-state index contributed by atoms with van der Waals surface area (Å²) in [5.41, 5.74) is -0.0682. The summed E-state index contributed by atoms with van der Waals surface area (Å²) in [5.74, 6) is 0.735. The Balaban J connectivity index is 1.95. The second kappa shape index (κ2) is 5.46. The van der Waals surface area contributed by atoms with E-state index in [1.165, 1.54) is 19.2 Å². The van der Waals surface area contributed by atoms with E-state index in [-0.39, 0.29) is 5.82 Å². The van der Waals surface area contributed by atoms with Crippen LogP contribution in [0.4, 0.5) is 4.39 Å². The lowest BCUT2D eigenvalue weighted by Crippen LogP contribution is -2.36. The highest BCUT2D eigenvalue weighted by Gasteiger charge is 2.32. The maximum absolute atomic E-state index is 13.3. The van der Waals surface area contributed by atoms with Gasteiger partial charge in [0, 0.05) is 25.0 Å². The van der Waals surface area contributed by atoms with Gasteiger partial charge in [0.15, 0.2) is 0 Å². The first kappa shape index (κ1) is 14.0. The molecule has 5 nitrogen and oxygen atoms in total. The fraction of sp³-hybridized carbons (Fsp3) is 0.400. The van der Waals surface area contributed by atoms with Crippen LogP contribution in [0, 0.1) is 5.82 Å². The molecule has 0 bridgehead atoms. The third-order valence-electron chi connectivity index (χ3n) is 3.81. The Morgan fingerprint density at radius 1 is 1.52 bits per heavy atom. The van der Waals surface area contributed by atoms with Crippen LogP contribution in [0.5, 0.6) is 5.75 Å². The molecule has 1 aromatic carbocycles. The molecule has 2 heterocycles. The van der Waals surface area contributed by atoms with Crippen LogP contribution in [0.3, 0.4) is 0 Å². The molecule has 2 N–H and O–H groups in total. The van der Waals surface area contributed by atoms with Gasteiger partial charge in [-0.25, -0.2) is 9.37 Å². The number of nitrogens with one attached hydrogen (secondary N) is 1. The maximum atomic E-state index is 13.3. The van der Waals surface area contributed by atoms with E-state index in [1.54, 1.807) is 12.3 Å². The van der Waals surface area contributed by atoms with Crippen molar-refractivity contribution in [3.8, 4) is 17.1 Å². The van der Waals surface area contributed by atoms with Crippen molar-refractivity contribution in [2.24, 2.45) is 0 Å². The van der Waals surface area contributed by atoms with Crippen LogP contribution >= 0.6 is 0 Å². The van der Waals surface area contributed by atoms with Crippen molar-refractivity contribution >= 4 is 0 Å². The fourth-order valence-electron chi connectivity index (χ4n) is 2.71. The van der Waals surface area contributed by atoms with Crippen LogP contribution in [-0.2, 0) is 6.54 Å². The Morgan fingerprint density at radius 3 is 3.10 bits per heavy atom. The number of imidazole rings is 1. The molecule has 0 saturated carbocycles. The highest BCUT2D eigenvalue weighted by Crippen LogP contribution is 2.30. The van der Waals surface area contributed by atoms with Crippen LogP contribution in [-0.4, -0.2) is 40.5 Å². The number of aliphatic hydroxyl groups is 1. The molecule has 6 heteroatoms. The summed E-state index contributed by atoms with van der Waals surface area (Å²) in [5, 5.41) is 13.7. The van der Waals surface area contributed by atoms with Gasteiger partial charge in [-0.05, 0) is 25.1 Å². The molecule has 21 heavy (non-hydrogen) atoms. The number of ether oxygens (including phenoxy) is 1. The first-order valence-corrected chi connectivity index (χ1v) is 6.89. The number of benzene rings is 1. The third kappa shape index (κ3) is 2.77. The Hall–Kier alpha value is -1.92. The van der Waals surface area contributed by atoms with E-state index in [1.807, 2.05) is 10.8 Å². The molecule has 3 rings (SSSR count). The number of β-amino-alcohol motifs (C(OH)–C–C–N with tert-alkyl or cyclic N) is 1. The summed E-state index contributed by atoms with van der Waals surface area (Å²) in [4.78, 5) is 4.33. The van der Waals surface area contributed by atoms with Gasteiger partial charge < -0.3 is 19.7 Å². The number of halogens is 1. The van der Waals surface area contributed by atoms with Crippen molar-refractivity contribution in [2.75, 3.05) is 20.2 Å². The second-order valence-corrected chi connectivity index (χ2v) is 5.37. The number of aromatic nitrogens is 2. The number of rotatable bonds is 4. The SMILES string of the molecule is COc1cc(F)ccc1-c1nccn1CC1(O)CCNC1. The number of hydrogen-bond acceptors (Lipinski definition) is 4. The number of nitrogens with zero attached hydrogens (tertiary/aromatic N) is 2. The normalized spacial score (nSPS) is 21.7. The molecule has 1 atom stereocenters. The molecule has 0 radical (unpaired) electrons. The summed E-state index contributed by atoms with van der Waals surface area (Å²) < 4.78 is 20.4. The first-order chi connectivity index (χ1) is 10.1. The minimum absolute atomic E-state index is 0.354.